The number of hydrogen-bond donors (Lipinski definition) is 0. The van der Waals surface area contributed by atoms with Crippen LogP contribution in [0.15, 0.2) is 22.7 Å². The van der Waals surface area contributed by atoms with Gasteiger partial charge in [0, 0.05) is 23.1 Å². The van der Waals surface area contributed by atoms with Gasteiger partial charge in [0.15, 0.2) is 5.82 Å². The standard InChI is InChI=1S/C13H13ClN2O2/c1-8-4-10(6-11(14)5-8)13-15-12(16-18-13)9-2-3-17-7-9/h4-6,9H,2-3,7H2,1H3. The quantitative estimate of drug-likeness (QED) is 0.836. The van der Waals surface area contributed by atoms with Gasteiger partial charge in [0.2, 0.25) is 0 Å². The molecule has 0 N–H and O–H groups in total. The minimum atomic E-state index is 0.253. The zero-order valence-corrected chi connectivity index (χ0v) is 10.8. The monoisotopic (exact) mass is 264 g/mol. The van der Waals surface area contributed by atoms with E-state index in [1.807, 2.05) is 25.1 Å². The zero-order chi connectivity index (χ0) is 12.5. The molecule has 1 aliphatic rings. The van der Waals surface area contributed by atoms with Crippen LogP contribution in [0, 0.1) is 6.92 Å². The number of rotatable bonds is 2. The SMILES string of the molecule is Cc1cc(Cl)cc(-c2nc(C3CCOC3)no2)c1. The molecule has 2 heterocycles. The molecule has 2 aromatic rings. The average molecular weight is 265 g/mol. The van der Waals surface area contributed by atoms with Crippen LogP contribution in [-0.4, -0.2) is 23.4 Å². The van der Waals surface area contributed by atoms with Crippen molar-refractivity contribution in [3.8, 4) is 11.5 Å². The Morgan fingerprint density at radius 3 is 2.94 bits per heavy atom. The molecular formula is C13H13ClN2O2. The summed E-state index contributed by atoms with van der Waals surface area (Å²) in [4.78, 5) is 4.43. The summed E-state index contributed by atoms with van der Waals surface area (Å²) in [5, 5.41) is 4.70. The molecule has 0 saturated carbocycles. The van der Waals surface area contributed by atoms with E-state index in [-0.39, 0.29) is 5.92 Å². The normalized spacial score (nSPS) is 19.3. The fraction of sp³-hybridized carbons (Fsp3) is 0.385. The summed E-state index contributed by atoms with van der Waals surface area (Å²) >= 11 is 6.02. The lowest BCUT2D eigenvalue weighted by Gasteiger charge is -1.99. The van der Waals surface area contributed by atoms with Crippen LogP contribution in [0.4, 0.5) is 0 Å². The van der Waals surface area contributed by atoms with Gasteiger partial charge in [-0.1, -0.05) is 16.8 Å². The first kappa shape index (κ1) is 11.7. The van der Waals surface area contributed by atoms with Gasteiger partial charge in [-0.2, -0.15) is 4.98 Å². The van der Waals surface area contributed by atoms with Crippen molar-refractivity contribution in [2.45, 2.75) is 19.3 Å². The summed E-state index contributed by atoms with van der Waals surface area (Å²) in [6, 6.07) is 5.71. The van der Waals surface area contributed by atoms with Gasteiger partial charge in [-0.15, -0.1) is 0 Å². The summed E-state index contributed by atoms with van der Waals surface area (Å²) in [6.07, 6.45) is 0.952. The lowest BCUT2D eigenvalue weighted by Crippen LogP contribution is -1.99. The molecule has 0 radical (unpaired) electrons. The topological polar surface area (TPSA) is 48.2 Å². The van der Waals surface area contributed by atoms with Gasteiger partial charge in [-0.3, -0.25) is 0 Å². The van der Waals surface area contributed by atoms with Crippen molar-refractivity contribution in [1.29, 1.82) is 0 Å². The van der Waals surface area contributed by atoms with Crippen molar-refractivity contribution in [3.05, 3.63) is 34.6 Å². The molecule has 4 nitrogen and oxygen atoms in total. The maximum atomic E-state index is 6.02. The molecule has 1 fully saturated rings. The number of aryl methyl sites for hydroxylation is 1. The van der Waals surface area contributed by atoms with Gasteiger partial charge < -0.3 is 9.26 Å². The van der Waals surface area contributed by atoms with Crippen molar-refractivity contribution in [3.63, 3.8) is 0 Å². The molecule has 5 heteroatoms. The van der Waals surface area contributed by atoms with Gasteiger partial charge in [-0.25, -0.2) is 0 Å². The van der Waals surface area contributed by atoms with Crippen LogP contribution >= 0.6 is 11.6 Å². The van der Waals surface area contributed by atoms with Crippen LogP contribution in [0.5, 0.6) is 0 Å². The van der Waals surface area contributed by atoms with Gasteiger partial charge in [0.25, 0.3) is 5.89 Å². The molecule has 1 saturated heterocycles. The van der Waals surface area contributed by atoms with E-state index in [1.54, 1.807) is 0 Å². The van der Waals surface area contributed by atoms with Crippen molar-refractivity contribution in [2.75, 3.05) is 13.2 Å². The van der Waals surface area contributed by atoms with E-state index >= 15 is 0 Å². The Hall–Kier alpha value is -1.39. The minimum absolute atomic E-state index is 0.253. The largest absolute Gasteiger partial charge is 0.381 e. The van der Waals surface area contributed by atoms with Crippen LogP contribution in [-0.2, 0) is 4.74 Å². The number of ether oxygens (including phenoxy) is 1. The molecule has 0 amide bonds. The second-order valence-corrected chi connectivity index (χ2v) is 4.97. The molecule has 1 unspecified atom stereocenters. The second kappa shape index (κ2) is 4.71. The molecule has 0 bridgehead atoms. The summed E-state index contributed by atoms with van der Waals surface area (Å²) in [5.41, 5.74) is 1.93. The molecule has 3 rings (SSSR count). The lowest BCUT2D eigenvalue weighted by molar-refractivity contribution is 0.192. The Kier molecular flexibility index (Phi) is 3.06. The molecule has 18 heavy (non-hydrogen) atoms. The van der Waals surface area contributed by atoms with Crippen LogP contribution in [0.3, 0.4) is 0 Å². The highest BCUT2D eigenvalue weighted by Crippen LogP contribution is 2.27. The number of halogens is 1. The van der Waals surface area contributed by atoms with Crippen LogP contribution in [0.25, 0.3) is 11.5 Å². The third-order valence-corrected chi connectivity index (χ3v) is 3.24. The van der Waals surface area contributed by atoms with E-state index in [0.717, 1.165) is 30.0 Å². The van der Waals surface area contributed by atoms with E-state index in [2.05, 4.69) is 10.1 Å². The van der Waals surface area contributed by atoms with Crippen LogP contribution < -0.4 is 0 Å². The fourth-order valence-corrected chi connectivity index (χ4v) is 2.41. The fourth-order valence-electron chi connectivity index (χ4n) is 2.12. The Morgan fingerprint density at radius 1 is 1.33 bits per heavy atom. The van der Waals surface area contributed by atoms with E-state index in [1.165, 1.54) is 0 Å². The van der Waals surface area contributed by atoms with Gasteiger partial charge >= 0.3 is 0 Å². The third-order valence-electron chi connectivity index (χ3n) is 3.03. The highest BCUT2D eigenvalue weighted by atomic mass is 35.5. The predicted octanol–water partition coefficient (Wildman–Crippen LogP) is 3.20. The first-order valence-electron chi connectivity index (χ1n) is 5.91. The summed E-state index contributed by atoms with van der Waals surface area (Å²) in [6.45, 7) is 3.43. The molecule has 0 aliphatic carbocycles. The zero-order valence-electron chi connectivity index (χ0n) is 10.0. The molecule has 1 aromatic heterocycles. The van der Waals surface area contributed by atoms with E-state index in [9.17, 15) is 0 Å². The number of nitrogens with zero attached hydrogens (tertiary/aromatic N) is 2. The summed E-state index contributed by atoms with van der Waals surface area (Å²) in [5.74, 6) is 1.49. The maximum absolute atomic E-state index is 6.02. The Morgan fingerprint density at radius 2 is 2.22 bits per heavy atom. The first-order valence-corrected chi connectivity index (χ1v) is 6.29. The summed E-state index contributed by atoms with van der Waals surface area (Å²) < 4.78 is 10.6. The molecular weight excluding hydrogens is 252 g/mol. The van der Waals surface area contributed by atoms with Crippen molar-refractivity contribution in [2.24, 2.45) is 0 Å². The lowest BCUT2D eigenvalue weighted by atomic mass is 10.1. The highest BCUT2D eigenvalue weighted by molar-refractivity contribution is 6.30. The van der Waals surface area contributed by atoms with E-state index in [4.69, 9.17) is 20.9 Å². The Balaban J connectivity index is 1.92. The third kappa shape index (κ3) is 2.26. The van der Waals surface area contributed by atoms with Crippen molar-refractivity contribution >= 4 is 11.6 Å². The van der Waals surface area contributed by atoms with E-state index in [0.29, 0.717) is 17.5 Å². The molecule has 1 atom stereocenters. The second-order valence-electron chi connectivity index (χ2n) is 4.54. The molecule has 1 aromatic carbocycles. The first-order chi connectivity index (χ1) is 8.72. The van der Waals surface area contributed by atoms with Crippen molar-refractivity contribution in [1.82, 2.24) is 10.1 Å². The highest BCUT2D eigenvalue weighted by Gasteiger charge is 2.23. The van der Waals surface area contributed by atoms with Crippen molar-refractivity contribution < 1.29 is 9.26 Å². The average Bonchev–Trinajstić information content (AvgIpc) is 2.99. The number of aromatic nitrogens is 2. The van der Waals surface area contributed by atoms with Crippen LogP contribution in [0.1, 0.15) is 23.7 Å². The smallest absolute Gasteiger partial charge is 0.257 e. The van der Waals surface area contributed by atoms with Crippen LogP contribution in [0.2, 0.25) is 5.02 Å². The van der Waals surface area contributed by atoms with Gasteiger partial charge in [0.1, 0.15) is 0 Å². The van der Waals surface area contributed by atoms with Gasteiger partial charge in [-0.05, 0) is 37.1 Å². The van der Waals surface area contributed by atoms with Gasteiger partial charge in [0.05, 0.1) is 6.61 Å². The molecule has 94 valence electrons. The Labute approximate surface area is 110 Å². The number of benzene rings is 1. The molecule has 1 aliphatic heterocycles. The van der Waals surface area contributed by atoms with E-state index < -0.39 is 0 Å². The number of hydrogen-bond acceptors (Lipinski definition) is 4. The minimum Gasteiger partial charge on any atom is -0.381 e. The summed E-state index contributed by atoms with van der Waals surface area (Å²) in [7, 11) is 0. The predicted molar refractivity (Wildman–Crippen MR) is 67.7 cm³/mol. The Bertz CT molecular complexity index is 542. The molecule has 0 spiro atoms. The maximum Gasteiger partial charge on any atom is 0.257 e.